The number of carbonyl (C=O) groups excluding carboxylic acids is 1. The number of nitrogens with zero attached hydrogens (tertiary/aromatic N) is 1. The molecule has 23 heavy (non-hydrogen) atoms. The molecule has 2 aromatic rings. The fraction of sp³-hybridized carbons (Fsp3) is 0.278. The van der Waals surface area contributed by atoms with Crippen LogP contribution < -0.4 is 5.32 Å². The van der Waals surface area contributed by atoms with E-state index in [1.807, 2.05) is 36.4 Å². The Hall–Kier alpha value is -2.87. The number of carbonyl (C=O) groups is 2. The molecule has 118 valence electrons. The Morgan fingerprint density at radius 1 is 1.13 bits per heavy atom. The van der Waals surface area contributed by atoms with Crippen molar-refractivity contribution in [2.24, 2.45) is 0 Å². The first-order valence-electron chi connectivity index (χ1n) is 7.51. The number of carboxylic acids is 1. The molecule has 0 aliphatic rings. The predicted octanol–water partition coefficient (Wildman–Crippen LogP) is 3.11. The van der Waals surface area contributed by atoms with Crippen LogP contribution in [0.25, 0.3) is 10.8 Å². The second kappa shape index (κ2) is 7.95. The van der Waals surface area contributed by atoms with Crippen LogP contribution in [0.2, 0.25) is 0 Å². The molecule has 0 spiro atoms. The zero-order valence-corrected chi connectivity index (χ0v) is 12.7. The molecule has 1 amide bonds. The summed E-state index contributed by atoms with van der Waals surface area (Å²) in [4.78, 5) is 23.5. The van der Waals surface area contributed by atoms with Gasteiger partial charge in [0, 0.05) is 12.0 Å². The number of nitriles is 1. The maximum Gasteiger partial charge on any atom is 0.326 e. The second-order valence-corrected chi connectivity index (χ2v) is 5.33. The van der Waals surface area contributed by atoms with Crippen molar-refractivity contribution in [3.63, 3.8) is 0 Å². The fourth-order valence-electron chi connectivity index (χ4n) is 2.38. The monoisotopic (exact) mass is 310 g/mol. The number of unbranched alkanes of at least 4 members (excludes halogenated alkanes) is 2. The lowest BCUT2D eigenvalue weighted by Crippen LogP contribution is -2.40. The average molecular weight is 310 g/mol. The van der Waals surface area contributed by atoms with Crippen molar-refractivity contribution in [2.75, 3.05) is 0 Å². The van der Waals surface area contributed by atoms with Gasteiger partial charge >= 0.3 is 5.97 Å². The molecule has 2 rings (SSSR count). The van der Waals surface area contributed by atoms with Crippen LogP contribution in [-0.2, 0) is 4.79 Å². The van der Waals surface area contributed by atoms with Gasteiger partial charge in [-0.25, -0.2) is 4.79 Å². The summed E-state index contributed by atoms with van der Waals surface area (Å²) in [6, 6.07) is 14.0. The number of hydrogen-bond donors (Lipinski definition) is 2. The van der Waals surface area contributed by atoms with Crippen LogP contribution >= 0.6 is 0 Å². The predicted molar refractivity (Wildman–Crippen MR) is 86.9 cm³/mol. The van der Waals surface area contributed by atoms with Gasteiger partial charge in [0.05, 0.1) is 6.07 Å². The maximum absolute atomic E-state index is 12.3. The molecule has 5 heteroatoms. The first-order chi connectivity index (χ1) is 11.1. The quantitative estimate of drug-likeness (QED) is 0.769. The molecule has 0 saturated heterocycles. The molecule has 0 radical (unpaired) electrons. The third-order valence-electron chi connectivity index (χ3n) is 3.65. The van der Waals surface area contributed by atoms with Crippen molar-refractivity contribution in [1.82, 2.24) is 5.32 Å². The highest BCUT2D eigenvalue weighted by Crippen LogP contribution is 2.16. The van der Waals surface area contributed by atoms with E-state index < -0.39 is 17.9 Å². The van der Waals surface area contributed by atoms with E-state index in [9.17, 15) is 14.7 Å². The Labute approximate surface area is 134 Å². The summed E-state index contributed by atoms with van der Waals surface area (Å²) < 4.78 is 0. The Morgan fingerprint density at radius 3 is 2.57 bits per heavy atom. The second-order valence-electron chi connectivity index (χ2n) is 5.33. The number of fused-ring (bicyclic) bond motifs is 1. The minimum absolute atomic E-state index is 0.316. The highest BCUT2D eigenvalue weighted by Gasteiger charge is 2.20. The molecule has 0 fully saturated rings. The molecule has 0 bridgehead atoms. The smallest absolute Gasteiger partial charge is 0.326 e. The van der Waals surface area contributed by atoms with Gasteiger partial charge in [-0.2, -0.15) is 5.26 Å². The number of amides is 1. The van der Waals surface area contributed by atoms with E-state index in [1.165, 1.54) is 0 Å². The van der Waals surface area contributed by atoms with E-state index in [4.69, 9.17) is 5.26 Å². The summed E-state index contributed by atoms with van der Waals surface area (Å²) in [5.74, 6) is -1.46. The largest absolute Gasteiger partial charge is 0.480 e. The molecule has 0 aliphatic carbocycles. The van der Waals surface area contributed by atoms with Gasteiger partial charge < -0.3 is 10.4 Å². The molecule has 0 aromatic heterocycles. The molecular formula is C18H18N2O3. The topological polar surface area (TPSA) is 90.2 Å². The van der Waals surface area contributed by atoms with Gasteiger partial charge in [-0.1, -0.05) is 30.3 Å². The van der Waals surface area contributed by atoms with Crippen molar-refractivity contribution in [2.45, 2.75) is 31.7 Å². The van der Waals surface area contributed by atoms with Gasteiger partial charge in [-0.3, -0.25) is 4.79 Å². The number of benzene rings is 2. The molecule has 0 heterocycles. The van der Waals surface area contributed by atoms with E-state index >= 15 is 0 Å². The average Bonchev–Trinajstić information content (AvgIpc) is 2.56. The number of aliphatic carboxylic acids is 1. The van der Waals surface area contributed by atoms with Gasteiger partial charge in [0.1, 0.15) is 6.04 Å². The van der Waals surface area contributed by atoms with Gasteiger partial charge in [0.2, 0.25) is 0 Å². The molecular weight excluding hydrogens is 292 g/mol. The number of nitrogens with one attached hydrogen (secondary N) is 1. The summed E-state index contributed by atoms with van der Waals surface area (Å²) in [6.07, 6.45) is 1.93. The summed E-state index contributed by atoms with van der Waals surface area (Å²) in [6.45, 7) is 0. The first-order valence-corrected chi connectivity index (χ1v) is 7.51. The summed E-state index contributed by atoms with van der Waals surface area (Å²) in [5, 5.41) is 22.2. The van der Waals surface area contributed by atoms with Crippen molar-refractivity contribution in [3.8, 4) is 6.07 Å². The lowest BCUT2D eigenvalue weighted by atomic mass is 10.1. The minimum Gasteiger partial charge on any atom is -0.480 e. The van der Waals surface area contributed by atoms with Crippen LogP contribution in [0.5, 0.6) is 0 Å². The highest BCUT2D eigenvalue weighted by atomic mass is 16.4. The maximum atomic E-state index is 12.3. The zero-order valence-electron chi connectivity index (χ0n) is 12.7. The Morgan fingerprint density at radius 2 is 1.87 bits per heavy atom. The van der Waals surface area contributed by atoms with Crippen LogP contribution in [-0.4, -0.2) is 23.0 Å². The summed E-state index contributed by atoms with van der Waals surface area (Å²) in [7, 11) is 0. The fourth-order valence-corrected chi connectivity index (χ4v) is 2.38. The SMILES string of the molecule is N#CCCCC[C@H](NC(=O)c1ccc2ccccc2c1)C(=O)O. The van der Waals surface area contributed by atoms with Crippen molar-refractivity contribution in [1.29, 1.82) is 5.26 Å². The summed E-state index contributed by atoms with van der Waals surface area (Å²) >= 11 is 0. The standard InChI is InChI=1S/C18H18N2O3/c19-11-5-1-2-8-16(18(22)23)20-17(21)15-10-9-13-6-3-4-7-14(13)12-15/h3-4,6-7,9-10,12,16H,1-2,5,8H2,(H,20,21)(H,22,23)/t16-/m0/s1. The number of hydrogen-bond acceptors (Lipinski definition) is 3. The third-order valence-corrected chi connectivity index (χ3v) is 3.65. The first kappa shape index (κ1) is 16.5. The molecule has 0 unspecified atom stereocenters. The third kappa shape index (κ3) is 4.55. The van der Waals surface area contributed by atoms with E-state index in [1.54, 1.807) is 12.1 Å². The molecule has 2 N–H and O–H groups in total. The van der Waals surface area contributed by atoms with E-state index in [0.717, 1.165) is 10.8 Å². The number of rotatable bonds is 7. The highest BCUT2D eigenvalue weighted by molar-refractivity contribution is 6.00. The van der Waals surface area contributed by atoms with Gasteiger partial charge in [-0.05, 0) is 42.2 Å². The minimum atomic E-state index is -1.06. The Bertz CT molecular complexity index is 749. The van der Waals surface area contributed by atoms with Gasteiger partial charge in [-0.15, -0.1) is 0 Å². The molecule has 0 aliphatic heterocycles. The molecule has 1 atom stereocenters. The van der Waals surface area contributed by atoms with Gasteiger partial charge in [0.25, 0.3) is 5.91 Å². The van der Waals surface area contributed by atoms with Crippen LogP contribution in [0.15, 0.2) is 42.5 Å². The van der Waals surface area contributed by atoms with E-state index in [2.05, 4.69) is 5.32 Å². The Balaban J connectivity index is 2.04. The van der Waals surface area contributed by atoms with Crippen molar-refractivity contribution >= 4 is 22.6 Å². The van der Waals surface area contributed by atoms with Crippen LogP contribution in [0.3, 0.4) is 0 Å². The molecule has 5 nitrogen and oxygen atoms in total. The lowest BCUT2D eigenvalue weighted by Gasteiger charge is -2.14. The molecule has 2 aromatic carbocycles. The van der Waals surface area contributed by atoms with Crippen LogP contribution in [0.4, 0.5) is 0 Å². The molecule has 0 saturated carbocycles. The lowest BCUT2D eigenvalue weighted by molar-refractivity contribution is -0.139. The normalized spacial score (nSPS) is 11.6. The van der Waals surface area contributed by atoms with Gasteiger partial charge in [0.15, 0.2) is 0 Å². The Kier molecular flexibility index (Phi) is 5.70. The van der Waals surface area contributed by atoms with E-state index in [-0.39, 0.29) is 0 Å². The van der Waals surface area contributed by atoms with Crippen molar-refractivity contribution < 1.29 is 14.7 Å². The van der Waals surface area contributed by atoms with Crippen LogP contribution in [0, 0.1) is 11.3 Å². The van der Waals surface area contributed by atoms with Crippen molar-refractivity contribution in [3.05, 3.63) is 48.0 Å². The number of carboxylic acid groups (broad SMARTS) is 1. The van der Waals surface area contributed by atoms with E-state index in [0.29, 0.717) is 31.2 Å². The zero-order chi connectivity index (χ0) is 16.7. The summed E-state index contributed by atoms with van der Waals surface area (Å²) in [5.41, 5.74) is 0.437. The van der Waals surface area contributed by atoms with Crippen LogP contribution in [0.1, 0.15) is 36.0 Å².